The highest BCUT2D eigenvalue weighted by atomic mass is 32.2. The molecule has 1 heterocycles. The Morgan fingerprint density at radius 3 is 2.46 bits per heavy atom. The minimum absolute atomic E-state index is 0.133. The van der Waals surface area contributed by atoms with E-state index in [0.29, 0.717) is 24.5 Å². The highest BCUT2D eigenvalue weighted by Crippen LogP contribution is 2.32. The molecule has 0 saturated heterocycles. The summed E-state index contributed by atoms with van der Waals surface area (Å²) in [6.07, 6.45) is 0.538. The summed E-state index contributed by atoms with van der Waals surface area (Å²) in [6, 6.07) is 12.0. The third kappa shape index (κ3) is 4.53. The molecule has 0 bridgehead atoms. The van der Waals surface area contributed by atoms with E-state index >= 15 is 0 Å². The van der Waals surface area contributed by atoms with Gasteiger partial charge >= 0.3 is 0 Å². The third-order valence-corrected chi connectivity index (χ3v) is 5.39. The predicted octanol–water partition coefficient (Wildman–Crippen LogP) is 1.57. The highest BCUT2D eigenvalue weighted by Gasteiger charge is 2.15. The van der Waals surface area contributed by atoms with Crippen LogP contribution >= 0.6 is 0 Å². The Bertz CT molecular complexity index is 894. The molecule has 0 fully saturated rings. The van der Waals surface area contributed by atoms with Gasteiger partial charge in [0.15, 0.2) is 11.5 Å². The molecule has 26 heavy (non-hydrogen) atoms. The van der Waals surface area contributed by atoms with Crippen molar-refractivity contribution in [3.8, 4) is 11.5 Å². The lowest BCUT2D eigenvalue weighted by atomic mass is 10.1. The predicted molar refractivity (Wildman–Crippen MR) is 95.4 cm³/mol. The van der Waals surface area contributed by atoms with Crippen LogP contribution in [0.4, 0.5) is 0 Å². The summed E-state index contributed by atoms with van der Waals surface area (Å²) in [5.74, 6) is 1.25. The summed E-state index contributed by atoms with van der Waals surface area (Å²) in [5.41, 5.74) is 1.79. The maximum Gasteiger partial charge on any atom is 0.240 e. The first-order valence-electron chi connectivity index (χ1n) is 8.15. The van der Waals surface area contributed by atoms with E-state index in [1.807, 2.05) is 18.2 Å². The fourth-order valence-corrected chi connectivity index (χ4v) is 3.55. The van der Waals surface area contributed by atoms with Crippen molar-refractivity contribution in [3.05, 3.63) is 53.6 Å². The van der Waals surface area contributed by atoms with Crippen LogP contribution in [0.5, 0.6) is 11.5 Å². The molecule has 138 valence electrons. The smallest absolute Gasteiger partial charge is 0.240 e. The van der Waals surface area contributed by atoms with Crippen LogP contribution in [-0.2, 0) is 27.8 Å². The second-order valence-electron chi connectivity index (χ2n) is 5.89. The van der Waals surface area contributed by atoms with E-state index in [-0.39, 0.29) is 24.1 Å². The lowest BCUT2D eigenvalue weighted by Gasteiger charge is -2.08. The van der Waals surface area contributed by atoms with Gasteiger partial charge in [0, 0.05) is 20.0 Å². The first-order chi connectivity index (χ1) is 12.4. The van der Waals surface area contributed by atoms with Gasteiger partial charge in [0.25, 0.3) is 0 Å². The van der Waals surface area contributed by atoms with Crippen LogP contribution in [-0.4, -0.2) is 27.7 Å². The molecule has 0 saturated carbocycles. The molecular weight excluding hydrogens is 356 g/mol. The van der Waals surface area contributed by atoms with E-state index in [0.717, 1.165) is 11.1 Å². The number of fused-ring (bicyclic) bond motifs is 1. The van der Waals surface area contributed by atoms with Crippen molar-refractivity contribution in [2.24, 2.45) is 0 Å². The van der Waals surface area contributed by atoms with Crippen LogP contribution in [0.2, 0.25) is 0 Å². The zero-order valence-corrected chi connectivity index (χ0v) is 15.1. The zero-order chi connectivity index (χ0) is 18.6. The molecule has 0 aromatic heterocycles. The number of sulfonamides is 1. The number of hydrogen-bond acceptors (Lipinski definition) is 5. The van der Waals surface area contributed by atoms with Crippen LogP contribution in [0.1, 0.15) is 18.1 Å². The number of benzene rings is 2. The van der Waals surface area contributed by atoms with Gasteiger partial charge in [-0.05, 0) is 41.8 Å². The Kier molecular flexibility index (Phi) is 5.43. The molecule has 1 aliphatic heterocycles. The molecular formula is C18H20N2O5S. The molecule has 2 N–H and O–H groups in total. The van der Waals surface area contributed by atoms with E-state index < -0.39 is 10.0 Å². The Balaban J connectivity index is 1.56. The second-order valence-corrected chi connectivity index (χ2v) is 7.66. The van der Waals surface area contributed by atoms with Gasteiger partial charge in [-0.25, -0.2) is 13.1 Å². The quantitative estimate of drug-likeness (QED) is 0.765. The summed E-state index contributed by atoms with van der Waals surface area (Å²) in [5, 5.41) is 2.67. The van der Waals surface area contributed by atoms with Crippen molar-refractivity contribution in [1.82, 2.24) is 10.0 Å². The molecule has 2 aromatic carbocycles. The summed E-state index contributed by atoms with van der Waals surface area (Å²) < 4.78 is 37.9. The molecule has 0 radical (unpaired) electrons. The minimum Gasteiger partial charge on any atom is -0.454 e. The molecule has 0 unspecified atom stereocenters. The monoisotopic (exact) mass is 376 g/mol. The normalized spacial score (nSPS) is 12.8. The molecule has 0 spiro atoms. The third-order valence-electron chi connectivity index (χ3n) is 3.92. The van der Waals surface area contributed by atoms with Crippen molar-refractivity contribution < 1.29 is 22.7 Å². The van der Waals surface area contributed by atoms with Crippen molar-refractivity contribution in [2.45, 2.75) is 24.8 Å². The molecule has 8 heteroatoms. The van der Waals surface area contributed by atoms with Gasteiger partial charge in [-0.1, -0.05) is 18.2 Å². The van der Waals surface area contributed by atoms with Crippen LogP contribution in [0.25, 0.3) is 0 Å². The van der Waals surface area contributed by atoms with Crippen LogP contribution in [0.15, 0.2) is 47.4 Å². The number of hydrogen-bond donors (Lipinski definition) is 2. The van der Waals surface area contributed by atoms with Crippen molar-refractivity contribution in [3.63, 3.8) is 0 Å². The molecule has 1 aliphatic rings. The molecule has 0 atom stereocenters. The maximum atomic E-state index is 12.4. The fraction of sp³-hybridized carbons (Fsp3) is 0.278. The topological polar surface area (TPSA) is 93.7 Å². The number of carbonyl (C=O) groups is 1. The Morgan fingerprint density at radius 2 is 1.73 bits per heavy atom. The maximum absolute atomic E-state index is 12.4. The molecule has 2 aromatic rings. The van der Waals surface area contributed by atoms with E-state index in [4.69, 9.17) is 9.47 Å². The Hall–Kier alpha value is -2.58. The van der Waals surface area contributed by atoms with Crippen molar-refractivity contribution in [2.75, 3.05) is 13.3 Å². The summed E-state index contributed by atoms with van der Waals surface area (Å²) in [7, 11) is -3.58. The van der Waals surface area contributed by atoms with Gasteiger partial charge < -0.3 is 14.8 Å². The minimum atomic E-state index is -3.58. The molecule has 1 amide bonds. The van der Waals surface area contributed by atoms with Gasteiger partial charge in [0.05, 0.1) is 4.90 Å². The number of carbonyl (C=O) groups excluding carboxylic acids is 1. The summed E-state index contributed by atoms with van der Waals surface area (Å²) in [4.78, 5) is 11.1. The zero-order valence-electron chi connectivity index (χ0n) is 14.3. The van der Waals surface area contributed by atoms with Crippen molar-refractivity contribution in [1.29, 1.82) is 0 Å². The van der Waals surface area contributed by atoms with Gasteiger partial charge in [-0.2, -0.15) is 0 Å². The van der Waals surface area contributed by atoms with Crippen LogP contribution in [0, 0.1) is 0 Å². The highest BCUT2D eigenvalue weighted by molar-refractivity contribution is 7.89. The van der Waals surface area contributed by atoms with Gasteiger partial charge in [0.2, 0.25) is 22.7 Å². The molecule has 0 aliphatic carbocycles. The lowest BCUT2D eigenvalue weighted by molar-refractivity contribution is -0.119. The Labute approximate surface area is 152 Å². The van der Waals surface area contributed by atoms with Crippen molar-refractivity contribution >= 4 is 15.9 Å². The van der Waals surface area contributed by atoms with E-state index in [1.165, 1.54) is 19.1 Å². The number of rotatable bonds is 7. The van der Waals surface area contributed by atoms with Gasteiger partial charge in [0.1, 0.15) is 0 Å². The lowest BCUT2D eigenvalue weighted by Crippen LogP contribution is -2.26. The second kappa shape index (κ2) is 7.76. The average Bonchev–Trinajstić information content (AvgIpc) is 3.08. The van der Waals surface area contributed by atoms with E-state index in [1.54, 1.807) is 12.1 Å². The van der Waals surface area contributed by atoms with Crippen LogP contribution < -0.4 is 19.5 Å². The summed E-state index contributed by atoms with van der Waals surface area (Å²) >= 11 is 0. The van der Waals surface area contributed by atoms with Gasteiger partial charge in [-0.3, -0.25) is 4.79 Å². The number of amides is 1. The SMILES string of the molecule is CC(=O)NCc1ccc(S(=O)(=O)NCCc2ccc3c(c2)OCO3)cc1. The average molecular weight is 376 g/mol. The summed E-state index contributed by atoms with van der Waals surface area (Å²) in [6.45, 7) is 2.29. The first-order valence-corrected chi connectivity index (χ1v) is 9.64. The van der Waals surface area contributed by atoms with E-state index in [9.17, 15) is 13.2 Å². The number of ether oxygens (including phenoxy) is 2. The largest absolute Gasteiger partial charge is 0.454 e. The molecule has 3 rings (SSSR count). The fourth-order valence-electron chi connectivity index (χ4n) is 2.52. The molecule has 7 nitrogen and oxygen atoms in total. The van der Waals surface area contributed by atoms with Crippen LogP contribution in [0.3, 0.4) is 0 Å². The van der Waals surface area contributed by atoms with Gasteiger partial charge in [-0.15, -0.1) is 0 Å². The number of nitrogens with one attached hydrogen (secondary N) is 2. The standard InChI is InChI=1S/C18H20N2O5S/c1-13(21)19-11-15-2-5-16(6-3-15)26(22,23)20-9-8-14-4-7-17-18(10-14)25-12-24-17/h2-7,10,20H,8-9,11-12H2,1H3,(H,19,21). The van der Waals surface area contributed by atoms with E-state index in [2.05, 4.69) is 10.0 Å². The Morgan fingerprint density at radius 1 is 1.04 bits per heavy atom. The first kappa shape index (κ1) is 18.2.